The number of thiophene rings is 1. The van der Waals surface area contributed by atoms with Gasteiger partial charge in [-0.3, -0.25) is 0 Å². The van der Waals surface area contributed by atoms with Crippen LogP contribution < -0.4 is 5.73 Å². The van der Waals surface area contributed by atoms with Gasteiger partial charge in [-0.25, -0.2) is 0 Å². The molecule has 1 heterocycles. The van der Waals surface area contributed by atoms with Crippen LogP contribution >= 0.6 is 27.3 Å². The Bertz CT molecular complexity index is 244. The molecule has 0 fully saturated rings. The van der Waals surface area contributed by atoms with E-state index in [0.29, 0.717) is 0 Å². The Hall–Kier alpha value is -0.120. The van der Waals surface area contributed by atoms with Gasteiger partial charge in [-0.2, -0.15) is 0 Å². The topological polar surface area (TPSA) is 26.0 Å². The van der Waals surface area contributed by atoms with Crippen LogP contribution in [0, 0.1) is 0 Å². The first-order valence-electron chi connectivity index (χ1n) is 3.34. The summed E-state index contributed by atoms with van der Waals surface area (Å²) in [6.45, 7) is 3.64. The lowest BCUT2D eigenvalue weighted by molar-refractivity contribution is 0.745. The molecule has 1 atom stereocenters. The zero-order valence-electron chi connectivity index (χ0n) is 6.09. The molecule has 0 saturated carbocycles. The van der Waals surface area contributed by atoms with Gasteiger partial charge in [-0.1, -0.05) is 6.08 Å². The molecule has 1 nitrogen and oxygen atoms in total. The average Bonchev–Trinajstić information content (AvgIpc) is 2.36. The second kappa shape index (κ2) is 4.04. The SMILES string of the molecule is C=CCC(N)c1csc(Br)c1. The predicted molar refractivity (Wildman–Crippen MR) is 53.8 cm³/mol. The van der Waals surface area contributed by atoms with Crippen molar-refractivity contribution in [3.8, 4) is 0 Å². The molecule has 0 saturated heterocycles. The lowest BCUT2D eigenvalue weighted by Gasteiger charge is -2.04. The molecule has 3 heteroatoms. The van der Waals surface area contributed by atoms with E-state index >= 15 is 0 Å². The molecule has 11 heavy (non-hydrogen) atoms. The molecule has 0 aromatic carbocycles. The average molecular weight is 232 g/mol. The van der Waals surface area contributed by atoms with Gasteiger partial charge in [0.05, 0.1) is 3.79 Å². The minimum Gasteiger partial charge on any atom is -0.324 e. The summed E-state index contributed by atoms with van der Waals surface area (Å²) < 4.78 is 1.13. The fraction of sp³-hybridized carbons (Fsp3) is 0.250. The molecular formula is C8H10BrNS. The molecule has 0 aliphatic rings. The second-order valence-electron chi connectivity index (χ2n) is 2.32. The van der Waals surface area contributed by atoms with Crippen LogP contribution in [-0.4, -0.2) is 0 Å². The highest BCUT2D eigenvalue weighted by molar-refractivity contribution is 9.11. The third kappa shape index (κ3) is 2.43. The van der Waals surface area contributed by atoms with Gasteiger partial charge in [0.25, 0.3) is 0 Å². The van der Waals surface area contributed by atoms with E-state index in [1.165, 1.54) is 5.56 Å². The van der Waals surface area contributed by atoms with Crippen LogP contribution in [0.15, 0.2) is 27.9 Å². The summed E-state index contributed by atoms with van der Waals surface area (Å²) in [4.78, 5) is 0. The number of hydrogen-bond donors (Lipinski definition) is 1. The van der Waals surface area contributed by atoms with Crippen molar-refractivity contribution in [1.29, 1.82) is 0 Å². The number of rotatable bonds is 3. The van der Waals surface area contributed by atoms with Gasteiger partial charge in [-0.05, 0) is 39.4 Å². The Morgan fingerprint density at radius 2 is 2.55 bits per heavy atom. The van der Waals surface area contributed by atoms with E-state index in [9.17, 15) is 0 Å². The lowest BCUT2D eigenvalue weighted by atomic mass is 10.1. The van der Waals surface area contributed by atoms with Gasteiger partial charge in [0.2, 0.25) is 0 Å². The Labute approximate surface area is 79.0 Å². The van der Waals surface area contributed by atoms with Gasteiger partial charge in [0, 0.05) is 6.04 Å². The van der Waals surface area contributed by atoms with Crippen molar-refractivity contribution in [3.63, 3.8) is 0 Å². The van der Waals surface area contributed by atoms with E-state index in [1.807, 2.05) is 6.08 Å². The predicted octanol–water partition coefficient (Wildman–Crippen LogP) is 3.09. The maximum absolute atomic E-state index is 5.83. The van der Waals surface area contributed by atoms with Crippen molar-refractivity contribution in [2.75, 3.05) is 0 Å². The van der Waals surface area contributed by atoms with Crippen molar-refractivity contribution in [3.05, 3.63) is 33.5 Å². The maximum Gasteiger partial charge on any atom is 0.0701 e. The molecule has 0 bridgehead atoms. The third-order valence-corrected chi connectivity index (χ3v) is 2.96. The van der Waals surface area contributed by atoms with E-state index in [4.69, 9.17) is 5.73 Å². The highest BCUT2D eigenvalue weighted by atomic mass is 79.9. The van der Waals surface area contributed by atoms with Crippen molar-refractivity contribution < 1.29 is 0 Å². The van der Waals surface area contributed by atoms with Crippen molar-refractivity contribution >= 4 is 27.3 Å². The molecule has 1 aromatic rings. The molecule has 0 aliphatic heterocycles. The van der Waals surface area contributed by atoms with Crippen LogP contribution in [0.5, 0.6) is 0 Å². The van der Waals surface area contributed by atoms with Gasteiger partial charge in [0.15, 0.2) is 0 Å². The van der Waals surface area contributed by atoms with Crippen molar-refractivity contribution in [1.82, 2.24) is 0 Å². The van der Waals surface area contributed by atoms with Gasteiger partial charge >= 0.3 is 0 Å². The van der Waals surface area contributed by atoms with Crippen LogP contribution in [0.1, 0.15) is 18.0 Å². The first kappa shape index (κ1) is 8.97. The Kier molecular flexibility index (Phi) is 3.30. The quantitative estimate of drug-likeness (QED) is 0.796. The van der Waals surface area contributed by atoms with Crippen molar-refractivity contribution in [2.24, 2.45) is 5.73 Å². The highest BCUT2D eigenvalue weighted by Crippen LogP contribution is 2.25. The summed E-state index contributed by atoms with van der Waals surface area (Å²) in [5.41, 5.74) is 7.02. The molecule has 0 aliphatic carbocycles. The highest BCUT2D eigenvalue weighted by Gasteiger charge is 2.04. The number of nitrogens with two attached hydrogens (primary N) is 1. The maximum atomic E-state index is 5.83. The summed E-state index contributed by atoms with van der Waals surface area (Å²) in [5, 5.41) is 2.07. The van der Waals surface area contributed by atoms with Crippen LogP contribution in [0.3, 0.4) is 0 Å². The molecular weight excluding hydrogens is 222 g/mol. The molecule has 0 amide bonds. The first-order chi connectivity index (χ1) is 5.24. The summed E-state index contributed by atoms with van der Waals surface area (Å²) in [7, 11) is 0. The smallest absolute Gasteiger partial charge is 0.0701 e. The zero-order valence-corrected chi connectivity index (χ0v) is 8.49. The normalized spacial score (nSPS) is 12.9. The van der Waals surface area contributed by atoms with Crippen LogP contribution in [0.25, 0.3) is 0 Å². The number of halogens is 1. The lowest BCUT2D eigenvalue weighted by Crippen LogP contribution is -2.07. The minimum absolute atomic E-state index is 0.107. The van der Waals surface area contributed by atoms with Crippen molar-refractivity contribution in [2.45, 2.75) is 12.5 Å². The minimum atomic E-state index is 0.107. The molecule has 0 spiro atoms. The molecule has 2 N–H and O–H groups in total. The van der Waals surface area contributed by atoms with E-state index in [2.05, 4.69) is 34.0 Å². The van der Waals surface area contributed by atoms with E-state index < -0.39 is 0 Å². The first-order valence-corrected chi connectivity index (χ1v) is 5.01. The standard InChI is InChI=1S/C8H10BrNS/c1-2-3-7(10)6-4-8(9)11-5-6/h2,4-5,7H,1,3,10H2. The molecule has 1 unspecified atom stereocenters. The monoisotopic (exact) mass is 231 g/mol. The largest absolute Gasteiger partial charge is 0.324 e. The molecule has 60 valence electrons. The van der Waals surface area contributed by atoms with Crippen LogP contribution in [0.4, 0.5) is 0 Å². The number of hydrogen-bond acceptors (Lipinski definition) is 2. The van der Waals surface area contributed by atoms with Crippen LogP contribution in [0.2, 0.25) is 0 Å². The van der Waals surface area contributed by atoms with Gasteiger partial charge < -0.3 is 5.73 Å². The Morgan fingerprint density at radius 3 is 3.00 bits per heavy atom. The molecule has 0 radical (unpaired) electrons. The Balaban J connectivity index is 2.67. The van der Waals surface area contributed by atoms with Gasteiger partial charge in [-0.15, -0.1) is 17.9 Å². The van der Waals surface area contributed by atoms with E-state index in [0.717, 1.165) is 10.2 Å². The summed E-state index contributed by atoms with van der Waals surface area (Å²) >= 11 is 5.05. The summed E-state index contributed by atoms with van der Waals surface area (Å²) in [6.07, 6.45) is 2.68. The fourth-order valence-corrected chi connectivity index (χ4v) is 2.07. The van der Waals surface area contributed by atoms with E-state index in [-0.39, 0.29) is 6.04 Å². The molecule has 1 aromatic heterocycles. The molecule has 1 rings (SSSR count). The third-order valence-electron chi connectivity index (χ3n) is 1.44. The Morgan fingerprint density at radius 1 is 1.82 bits per heavy atom. The fourth-order valence-electron chi connectivity index (χ4n) is 0.833. The van der Waals surface area contributed by atoms with Gasteiger partial charge in [0.1, 0.15) is 0 Å². The zero-order chi connectivity index (χ0) is 8.27. The van der Waals surface area contributed by atoms with Crippen LogP contribution in [-0.2, 0) is 0 Å². The second-order valence-corrected chi connectivity index (χ2v) is 4.61. The van der Waals surface area contributed by atoms with E-state index in [1.54, 1.807) is 11.3 Å². The summed E-state index contributed by atoms with van der Waals surface area (Å²) in [6, 6.07) is 2.16. The summed E-state index contributed by atoms with van der Waals surface area (Å²) in [5.74, 6) is 0.